The summed E-state index contributed by atoms with van der Waals surface area (Å²) in [6.45, 7) is 0.521. The molecular formula is C23H32FN3O5. The molecule has 2 heterocycles. The van der Waals surface area contributed by atoms with E-state index < -0.39 is 18.3 Å². The van der Waals surface area contributed by atoms with Crippen molar-refractivity contribution in [3.63, 3.8) is 0 Å². The van der Waals surface area contributed by atoms with E-state index in [9.17, 15) is 19.1 Å². The van der Waals surface area contributed by atoms with Crippen molar-refractivity contribution in [2.75, 3.05) is 6.54 Å². The van der Waals surface area contributed by atoms with Crippen molar-refractivity contribution in [2.45, 2.75) is 88.1 Å². The summed E-state index contributed by atoms with van der Waals surface area (Å²) in [5.41, 5.74) is 0.811. The lowest BCUT2D eigenvalue weighted by atomic mass is 9.96. The molecule has 1 saturated carbocycles. The van der Waals surface area contributed by atoms with Gasteiger partial charge in [0.2, 0.25) is 5.91 Å². The normalized spacial score (nSPS) is 30.0. The molecule has 4 N–H and O–H groups in total. The summed E-state index contributed by atoms with van der Waals surface area (Å²) >= 11 is 0. The summed E-state index contributed by atoms with van der Waals surface area (Å²) in [6.07, 6.45) is 3.66. The van der Waals surface area contributed by atoms with Crippen LogP contribution in [0, 0.1) is 5.82 Å². The van der Waals surface area contributed by atoms with E-state index in [1.165, 1.54) is 18.6 Å². The number of hydrogen-bond donors (Lipinski definition) is 4. The predicted molar refractivity (Wildman–Crippen MR) is 114 cm³/mol. The van der Waals surface area contributed by atoms with Gasteiger partial charge in [0.05, 0.1) is 18.6 Å². The van der Waals surface area contributed by atoms with Gasteiger partial charge in [-0.2, -0.15) is 0 Å². The van der Waals surface area contributed by atoms with Gasteiger partial charge in [-0.25, -0.2) is 9.18 Å². The van der Waals surface area contributed by atoms with E-state index in [4.69, 9.17) is 9.47 Å². The first-order valence-electron chi connectivity index (χ1n) is 11.5. The maximum Gasteiger partial charge on any atom is 0.315 e. The molecule has 5 atom stereocenters. The SMILES string of the molecule is O=C(C[C@H]1C[C@H]2O[C@H](CNC(=O)NC3CCCCC3)[C@@H](O)[C@H]2O1)NCc1ccc(F)cc1. The van der Waals surface area contributed by atoms with Crippen LogP contribution in [0.3, 0.4) is 0 Å². The van der Waals surface area contributed by atoms with Gasteiger partial charge in [0.25, 0.3) is 0 Å². The Hall–Kier alpha value is -2.23. The highest BCUT2D eigenvalue weighted by Crippen LogP contribution is 2.35. The fourth-order valence-corrected chi connectivity index (χ4v) is 4.77. The topological polar surface area (TPSA) is 109 Å². The molecule has 1 aromatic carbocycles. The molecule has 0 radical (unpaired) electrons. The quantitative estimate of drug-likeness (QED) is 0.507. The van der Waals surface area contributed by atoms with Gasteiger partial charge in [0.1, 0.15) is 24.1 Å². The smallest absolute Gasteiger partial charge is 0.315 e. The highest BCUT2D eigenvalue weighted by Gasteiger charge is 2.50. The van der Waals surface area contributed by atoms with E-state index in [1.54, 1.807) is 12.1 Å². The van der Waals surface area contributed by atoms with Crippen LogP contribution in [0.5, 0.6) is 0 Å². The van der Waals surface area contributed by atoms with Crippen LogP contribution in [0.25, 0.3) is 0 Å². The first-order chi connectivity index (χ1) is 15.5. The highest BCUT2D eigenvalue weighted by molar-refractivity contribution is 5.76. The molecule has 0 unspecified atom stereocenters. The van der Waals surface area contributed by atoms with Crippen molar-refractivity contribution in [1.82, 2.24) is 16.0 Å². The number of nitrogens with one attached hydrogen (secondary N) is 3. The van der Waals surface area contributed by atoms with E-state index >= 15 is 0 Å². The van der Waals surface area contributed by atoms with Crippen LogP contribution >= 0.6 is 0 Å². The molecule has 0 spiro atoms. The van der Waals surface area contributed by atoms with E-state index in [0.29, 0.717) is 13.0 Å². The van der Waals surface area contributed by atoms with Crippen molar-refractivity contribution in [3.05, 3.63) is 35.6 Å². The molecule has 8 nitrogen and oxygen atoms in total. The van der Waals surface area contributed by atoms with E-state index in [1.807, 2.05) is 0 Å². The van der Waals surface area contributed by atoms with Crippen LogP contribution in [0.2, 0.25) is 0 Å². The first-order valence-corrected chi connectivity index (χ1v) is 11.5. The molecule has 2 aliphatic heterocycles. The number of amides is 3. The molecule has 3 fully saturated rings. The van der Waals surface area contributed by atoms with Crippen molar-refractivity contribution in [2.24, 2.45) is 0 Å². The maximum absolute atomic E-state index is 13.0. The Morgan fingerprint density at radius 2 is 1.81 bits per heavy atom. The zero-order valence-electron chi connectivity index (χ0n) is 18.1. The molecule has 0 bridgehead atoms. The Morgan fingerprint density at radius 1 is 1.06 bits per heavy atom. The molecule has 32 heavy (non-hydrogen) atoms. The van der Waals surface area contributed by atoms with Crippen molar-refractivity contribution < 1.29 is 28.6 Å². The fraction of sp³-hybridized carbons (Fsp3) is 0.652. The third kappa shape index (κ3) is 5.96. The number of benzene rings is 1. The second-order valence-electron chi connectivity index (χ2n) is 8.96. The lowest BCUT2D eigenvalue weighted by Crippen LogP contribution is -2.47. The van der Waals surface area contributed by atoms with Crippen LogP contribution in [0.1, 0.15) is 50.5 Å². The lowest BCUT2D eigenvalue weighted by Gasteiger charge is -2.24. The Labute approximate surface area is 187 Å². The monoisotopic (exact) mass is 449 g/mol. The number of carbonyl (C=O) groups excluding carboxylic acids is 2. The number of carbonyl (C=O) groups is 2. The summed E-state index contributed by atoms with van der Waals surface area (Å²) in [5.74, 6) is -0.491. The Bertz CT molecular complexity index is 786. The third-order valence-corrected chi connectivity index (χ3v) is 6.50. The summed E-state index contributed by atoms with van der Waals surface area (Å²) in [5, 5.41) is 19.1. The van der Waals surface area contributed by atoms with Crippen molar-refractivity contribution in [3.8, 4) is 0 Å². The fourth-order valence-electron chi connectivity index (χ4n) is 4.77. The molecule has 3 amide bonds. The van der Waals surface area contributed by atoms with Crippen LogP contribution < -0.4 is 16.0 Å². The van der Waals surface area contributed by atoms with Crippen molar-refractivity contribution in [1.29, 1.82) is 0 Å². The van der Waals surface area contributed by atoms with Crippen molar-refractivity contribution >= 4 is 11.9 Å². The summed E-state index contributed by atoms with van der Waals surface area (Å²) in [4.78, 5) is 24.3. The highest BCUT2D eigenvalue weighted by atomic mass is 19.1. The molecule has 1 aliphatic carbocycles. The van der Waals surface area contributed by atoms with E-state index in [0.717, 1.165) is 31.2 Å². The molecular weight excluding hydrogens is 417 g/mol. The molecule has 176 valence electrons. The Balaban J connectivity index is 1.15. The number of fused-ring (bicyclic) bond motifs is 1. The molecule has 2 saturated heterocycles. The second-order valence-corrected chi connectivity index (χ2v) is 8.96. The number of rotatable bonds is 7. The summed E-state index contributed by atoms with van der Waals surface area (Å²) < 4.78 is 24.7. The Morgan fingerprint density at radius 3 is 2.53 bits per heavy atom. The first kappa shape index (κ1) is 22.9. The van der Waals surface area contributed by atoms with Crippen LogP contribution in [0.15, 0.2) is 24.3 Å². The third-order valence-electron chi connectivity index (χ3n) is 6.50. The maximum atomic E-state index is 13.0. The van der Waals surface area contributed by atoms with E-state index in [-0.39, 0.29) is 49.0 Å². The van der Waals surface area contributed by atoms with E-state index in [2.05, 4.69) is 16.0 Å². The average molecular weight is 450 g/mol. The number of aliphatic hydroxyl groups is 1. The standard InChI is InChI=1S/C23H32FN3O5/c24-15-8-6-14(7-9-15)12-25-20(28)11-17-10-18-22(31-17)21(29)19(32-18)13-26-23(30)27-16-4-2-1-3-5-16/h6-9,16-19,21-22,29H,1-5,10-13H2,(H,25,28)(H2,26,27,30)/t17-,18-,19-,21-,22+/m1/s1. The molecule has 9 heteroatoms. The Kier molecular flexibility index (Phi) is 7.59. The minimum absolute atomic E-state index is 0.164. The lowest BCUT2D eigenvalue weighted by molar-refractivity contribution is -0.124. The van der Waals surface area contributed by atoms with Gasteiger partial charge in [0, 0.05) is 25.6 Å². The van der Waals surface area contributed by atoms with Gasteiger partial charge in [-0.15, -0.1) is 0 Å². The van der Waals surface area contributed by atoms with Gasteiger partial charge < -0.3 is 30.5 Å². The predicted octanol–water partition coefficient (Wildman–Crippen LogP) is 1.75. The van der Waals surface area contributed by atoms with Crippen LogP contribution in [0.4, 0.5) is 9.18 Å². The molecule has 0 aromatic heterocycles. The van der Waals surface area contributed by atoms with Gasteiger partial charge in [0.15, 0.2) is 0 Å². The average Bonchev–Trinajstić information content (AvgIpc) is 3.30. The minimum atomic E-state index is -0.859. The number of halogens is 1. The largest absolute Gasteiger partial charge is 0.388 e. The van der Waals surface area contributed by atoms with Crippen LogP contribution in [-0.2, 0) is 20.8 Å². The summed E-state index contributed by atoms with van der Waals surface area (Å²) in [6, 6.07) is 5.94. The molecule has 1 aromatic rings. The van der Waals surface area contributed by atoms with Gasteiger partial charge in [-0.3, -0.25) is 4.79 Å². The van der Waals surface area contributed by atoms with Gasteiger partial charge in [-0.1, -0.05) is 31.4 Å². The zero-order chi connectivity index (χ0) is 22.5. The van der Waals surface area contributed by atoms with Crippen LogP contribution in [-0.4, -0.2) is 60.2 Å². The van der Waals surface area contributed by atoms with Gasteiger partial charge >= 0.3 is 6.03 Å². The summed E-state index contributed by atoms with van der Waals surface area (Å²) in [7, 11) is 0. The molecule has 3 aliphatic rings. The number of hydrogen-bond acceptors (Lipinski definition) is 5. The van der Waals surface area contributed by atoms with Gasteiger partial charge in [-0.05, 0) is 30.5 Å². The molecule has 4 rings (SSSR count). The second kappa shape index (κ2) is 10.6. The minimum Gasteiger partial charge on any atom is -0.388 e. The number of urea groups is 1. The zero-order valence-corrected chi connectivity index (χ0v) is 18.1. The number of ether oxygens (including phenoxy) is 2. The number of aliphatic hydroxyl groups excluding tert-OH is 1.